The minimum atomic E-state index is -0.536. The first kappa shape index (κ1) is 14.2. The van der Waals surface area contributed by atoms with Gasteiger partial charge in [-0.1, -0.05) is 30.1 Å². The van der Waals surface area contributed by atoms with Crippen LogP contribution in [0.25, 0.3) is 0 Å². The normalized spacial score (nSPS) is 10.4. The van der Waals surface area contributed by atoms with Crippen LogP contribution in [0.5, 0.6) is 0 Å². The van der Waals surface area contributed by atoms with Crippen molar-refractivity contribution in [2.45, 2.75) is 13.3 Å². The Hall–Kier alpha value is -0.840. The molecule has 0 bridgehead atoms. The van der Waals surface area contributed by atoms with Gasteiger partial charge in [0.15, 0.2) is 0 Å². The highest BCUT2D eigenvalue weighted by Gasteiger charge is 2.11. The van der Waals surface area contributed by atoms with E-state index in [1.54, 1.807) is 0 Å². The van der Waals surface area contributed by atoms with Gasteiger partial charge in [-0.15, -0.1) is 0 Å². The molecule has 0 atom stereocenters. The quantitative estimate of drug-likeness (QED) is 0.813. The van der Waals surface area contributed by atoms with E-state index in [4.69, 9.17) is 23.2 Å². The second-order valence-corrected chi connectivity index (χ2v) is 4.21. The molecule has 0 heterocycles. The minimum absolute atomic E-state index is 0.0896. The summed E-state index contributed by atoms with van der Waals surface area (Å²) in [4.78, 5) is 11.5. The Balaban J connectivity index is 2.65. The summed E-state index contributed by atoms with van der Waals surface area (Å²) in [6.07, 6.45) is 0.303. The third kappa shape index (κ3) is 4.50. The van der Waals surface area contributed by atoms with Crippen LogP contribution in [-0.4, -0.2) is 19.0 Å². The van der Waals surface area contributed by atoms with Gasteiger partial charge in [-0.25, -0.2) is 4.39 Å². The Morgan fingerprint density at radius 1 is 1.35 bits per heavy atom. The summed E-state index contributed by atoms with van der Waals surface area (Å²) in [7, 11) is 0. The molecule has 0 aliphatic rings. The number of nitrogens with one attached hydrogen (secondary N) is 2. The highest BCUT2D eigenvalue weighted by Crippen LogP contribution is 2.31. The van der Waals surface area contributed by atoms with Gasteiger partial charge in [-0.05, 0) is 18.7 Å². The first-order chi connectivity index (χ1) is 8.04. The van der Waals surface area contributed by atoms with Crippen molar-refractivity contribution in [3.8, 4) is 0 Å². The van der Waals surface area contributed by atoms with Gasteiger partial charge in [0.05, 0.1) is 15.7 Å². The molecule has 2 N–H and O–H groups in total. The fourth-order valence-electron chi connectivity index (χ4n) is 1.24. The van der Waals surface area contributed by atoms with Gasteiger partial charge in [0, 0.05) is 13.0 Å². The lowest BCUT2D eigenvalue weighted by atomic mass is 10.3. The third-order valence-electron chi connectivity index (χ3n) is 2.05. The summed E-state index contributed by atoms with van der Waals surface area (Å²) in [5.41, 5.74) is 0.247. The van der Waals surface area contributed by atoms with Crippen molar-refractivity contribution in [2.24, 2.45) is 0 Å². The predicted molar refractivity (Wildman–Crippen MR) is 68.2 cm³/mol. The second-order valence-electron chi connectivity index (χ2n) is 3.40. The van der Waals surface area contributed by atoms with Gasteiger partial charge >= 0.3 is 0 Å². The number of rotatable bonds is 5. The maximum Gasteiger partial charge on any atom is 0.225 e. The van der Waals surface area contributed by atoms with Gasteiger partial charge in [-0.3, -0.25) is 4.79 Å². The summed E-state index contributed by atoms with van der Waals surface area (Å²) in [6, 6.07) is 2.21. The van der Waals surface area contributed by atoms with Gasteiger partial charge in [0.1, 0.15) is 5.82 Å². The fraction of sp³-hybridized carbons (Fsp3) is 0.364. The van der Waals surface area contributed by atoms with Crippen molar-refractivity contribution in [3.05, 3.63) is 28.0 Å². The molecule has 1 rings (SSSR count). The average molecular weight is 279 g/mol. The Morgan fingerprint density at radius 3 is 2.47 bits per heavy atom. The van der Waals surface area contributed by atoms with E-state index in [-0.39, 0.29) is 21.6 Å². The molecule has 1 amide bonds. The van der Waals surface area contributed by atoms with Crippen molar-refractivity contribution in [2.75, 3.05) is 18.4 Å². The number of halogens is 3. The van der Waals surface area contributed by atoms with Crippen LogP contribution < -0.4 is 10.6 Å². The SMILES string of the molecule is CCNCCC(=O)Nc1c(Cl)cc(F)cc1Cl. The van der Waals surface area contributed by atoms with E-state index < -0.39 is 5.82 Å². The number of carbonyl (C=O) groups is 1. The highest BCUT2D eigenvalue weighted by atomic mass is 35.5. The van der Waals surface area contributed by atoms with Gasteiger partial charge in [-0.2, -0.15) is 0 Å². The van der Waals surface area contributed by atoms with Crippen LogP contribution in [-0.2, 0) is 4.79 Å². The molecule has 94 valence electrons. The zero-order valence-corrected chi connectivity index (χ0v) is 10.8. The summed E-state index contributed by atoms with van der Waals surface area (Å²) >= 11 is 11.6. The molecule has 0 saturated carbocycles. The molecule has 0 unspecified atom stereocenters. The van der Waals surface area contributed by atoms with Crippen molar-refractivity contribution in [1.29, 1.82) is 0 Å². The van der Waals surface area contributed by atoms with Gasteiger partial charge in [0.2, 0.25) is 5.91 Å². The minimum Gasteiger partial charge on any atom is -0.324 e. The smallest absolute Gasteiger partial charge is 0.225 e. The van der Waals surface area contributed by atoms with E-state index in [1.807, 2.05) is 6.92 Å². The fourth-order valence-corrected chi connectivity index (χ4v) is 1.80. The van der Waals surface area contributed by atoms with E-state index in [9.17, 15) is 9.18 Å². The van der Waals surface area contributed by atoms with E-state index in [0.29, 0.717) is 13.0 Å². The maximum absolute atomic E-state index is 12.9. The van der Waals surface area contributed by atoms with Crippen molar-refractivity contribution in [1.82, 2.24) is 5.32 Å². The molecule has 3 nitrogen and oxygen atoms in total. The molecule has 0 fully saturated rings. The topological polar surface area (TPSA) is 41.1 Å². The summed E-state index contributed by atoms with van der Waals surface area (Å²) in [5.74, 6) is -0.757. The monoisotopic (exact) mass is 278 g/mol. The zero-order valence-electron chi connectivity index (χ0n) is 9.32. The first-order valence-corrected chi connectivity index (χ1v) is 5.95. The first-order valence-electron chi connectivity index (χ1n) is 5.19. The van der Waals surface area contributed by atoms with Crippen LogP contribution in [0.4, 0.5) is 10.1 Å². The molecule has 6 heteroatoms. The van der Waals surface area contributed by atoms with Crippen LogP contribution >= 0.6 is 23.2 Å². The Kier molecular flexibility index (Phi) is 5.68. The molecular formula is C11H13Cl2FN2O. The molecule has 0 spiro atoms. The van der Waals surface area contributed by atoms with Crippen LogP contribution in [0.2, 0.25) is 10.0 Å². The molecule has 17 heavy (non-hydrogen) atoms. The van der Waals surface area contributed by atoms with Crippen LogP contribution in [0.1, 0.15) is 13.3 Å². The number of benzene rings is 1. The molecule has 0 saturated heterocycles. The van der Waals surface area contributed by atoms with Gasteiger partial charge in [0.25, 0.3) is 0 Å². The summed E-state index contributed by atoms with van der Waals surface area (Å²) < 4.78 is 12.9. The third-order valence-corrected chi connectivity index (χ3v) is 2.65. The van der Waals surface area contributed by atoms with Crippen LogP contribution in [0, 0.1) is 5.82 Å². The molecule has 0 radical (unpaired) electrons. The Bertz CT molecular complexity index is 389. The lowest BCUT2D eigenvalue weighted by Gasteiger charge is -2.09. The number of anilines is 1. The van der Waals surface area contributed by atoms with E-state index >= 15 is 0 Å². The number of carbonyl (C=O) groups excluding carboxylic acids is 1. The van der Waals surface area contributed by atoms with Crippen molar-refractivity contribution < 1.29 is 9.18 Å². The summed E-state index contributed by atoms with van der Waals surface area (Å²) in [5, 5.41) is 5.75. The van der Waals surface area contributed by atoms with Gasteiger partial charge < -0.3 is 10.6 Å². The van der Waals surface area contributed by atoms with Crippen LogP contribution in [0.15, 0.2) is 12.1 Å². The highest BCUT2D eigenvalue weighted by molar-refractivity contribution is 6.39. The van der Waals surface area contributed by atoms with E-state index in [2.05, 4.69) is 10.6 Å². The lowest BCUT2D eigenvalue weighted by molar-refractivity contribution is -0.116. The molecular weight excluding hydrogens is 266 g/mol. The lowest BCUT2D eigenvalue weighted by Crippen LogP contribution is -2.21. The van der Waals surface area contributed by atoms with Crippen molar-refractivity contribution >= 4 is 34.8 Å². The number of hydrogen-bond donors (Lipinski definition) is 2. The largest absolute Gasteiger partial charge is 0.324 e. The molecule has 0 aliphatic heterocycles. The number of hydrogen-bond acceptors (Lipinski definition) is 2. The maximum atomic E-state index is 12.9. The molecule has 1 aromatic carbocycles. The standard InChI is InChI=1S/C11H13Cl2FN2O/c1-2-15-4-3-10(17)16-11-8(12)5-7(14)6-9(11)13/h5-6,15H,2-4H2,1H3,(H,16,17). The molecule has 0 aromatic heterocycles. The van der Waals surface area contributed by atoms with Crippen molar-refractivity contribution in [3.63, 3.8) is 0 Å². The number of amides is 1. The molecule has 0 aliphatic carbocycles. The predicted octanol–water partition coefficient (Wildman–Crippen LogP) is 3.07. The van der Waals surface area contributed by atoms with E-state index in [1.165, 1.54) is 0 Å². The Morgan fingerprint density at radius 2 is 1.94 bits per heavy atom. The van der Waals surface area contributed by atoms with Crippen LogP contribution in [0.3, 0.4) is 0 Å². The zero-order chi connectivity index (χ0) is 12.8. The Labute approximate surface area is 109 Å². The molecule has 1 aromatic rings. The van der Waals surface area contributed by atoms with E-state index in [0.717, 1.165) is 18.7 Å². The summed E-state index contributed by atoms with van der Waals surface area (Å²) in [6.45, 7) is 3.32. The average Bonchev–Trinajstić information content (AvgIpc) is 2.24. The second kappa shape index (κ2) is 6.79.